The Kier molecular flexibility index (Phi) is 19.9. The van der Waals surface area contributed by atoms with Crippen molar-refractivity contribution in [1.29, 1.82) is 0 Å². The Morgan fingerprint density at radius 3 is 1.39 bits per heavy atom. The summed E-state index contributed by atoms with van der Waals surface area (Å²) in [5, 5.41) is 3.40. The third-order valence-electron chi connectivity index (χ3n) is 3.68. The number of nitrogens with one attached hydrogen (secondary N) is 1. The van der Waals surface area contributed by atoms with E-state index >= 15 is 0 Å². The highest BCUT2D eigenvalue weighted by Gasteiger charge is 1.82. The van der Waals surface area contributed by atoms with Crippen LogP contribution in [0.25, 0.3) is 0 Å². The molecular weight excluding hydrogens is 278 g/mol. The molecule has 0 aliphatic carbocycles. The fourth-order valence-electron chi connectivity index (χ4n) is 2.22. The van der Waals surface area contributed by atoms with Crippen molar-refractivity contribution in [2.75, 3.05) is 13.1 Å². The van der Waals surface area contributed by atoms with Crippen LogP contribution in [0, 0.1) is 0 Å². The second-order valence-corrected chi connectivity index (χ2v) is 6.01. The maximum atomic E-state index is 3.40. The maximum absolute atomic E-state index is 3.40. The van der Waals surface area contributed by atoms with E-state index in [1.165, 1.54) is 51.4 Å². The van der Waals surface area contributed by atoms with E-state index in [-0.39, 0.29) is 0 Å². The highest BCUT2D eigenvalue weighted by molar-refractivity contribution is 4.96. The molecule has 0 radical (unpaired) electrons. The quantitative estimate of drug-likeness (QED) is 0.245. The van der Waals surface area contributed by atoms with Crippen LogP contribution < -0.4 is 5.32 Å². The molecule has 1 heteroatoms. The Labute approximate surface area is 145 Å². The van der Waals surface area contributed by atoms with Gasteiger partial charge in [0.15, 0.2) is 0 Å². The Bertz CT molecular complexity index is 291. The van der Waals surface area contributed by atoms with Crippen LogP contribution in [0.15, 0.2) is 48.6 Å². The first-order valence-corrected chi connectivity index (χ1v) is 9.72. The summed E-state index contributed by atoms with van der Waals surface area (Å²) in [6, 6.07) is 0. The van der Waals surface area contributed by atoms with E-state index in [2.05, 4.69) is 67.8 Å². The third-order valence-corrected chi connectivity index (χ3v) is 3.68. The molecule has 23 heavy (non-hydrogen) atoms. The lowest BCUT2D eigenvalue weighted by Gasteiger charge is -1.95. The molecule has 0 spiro atoms. The largest absolute Gasteiger partial charge is 0.310 e. The molecule has 0 unspecified atom stereocenters. The van der Waals surface area contributed by atoms with Crippen molar-refractivity contribution in [2.45, 2.75) is 78.1 Å². The molecule has 0 bridgehead atoms. The van der Waals surface area contributed by atoms with Crippen molar-refractivity contribution < 1.29 is 0 Å². The van der Waals surface area contributed by atoms with E-state index in [4.69, 9.17) is 0 Å². The molecule has 0 heterocycles. The molecule has 0 saturated carbocycles. The molecule has 0 aliphatic rings. The molecular formula is C22H39N. The fraction of sp³-hybridized carbons (Fsp3) is 0.636. The Morgan fingerprint density at radius 1 is 0.522 bits per heavy atom. The smallest absolute Gasteiger partial charge is 0.0137 e. The van der Waals surface area contributed by atoms with Crippen LogP contribution in [0.3, 0.4) is 0 Å². The summed E-state index contributed by atoms with van der Waals surface area (Å²) in [6.07, 6.45) is 30.7. The van der Waals surface area contributed by atoms with E-state index < -0.39 is 0 Å². The van der Waals surface area contributed by atoms with Gasteiger partial charge in [0.2, 0.25) is 0 Å². The summed E-state index contributed by atoms with van der Waals surface area (Å²) in [7, 11) is 0. The molecule has 0 aromatic rings. The van der Waals surface area contributed by atoms with Crippen molar-refractivity contribution >= 4 is 0 Å². The summed E-state index contributed by atoms with van der Waals surface area (Å²) < 4.78 is 0. The first-order valence-electron chi connectivity index (χ1n) is 9.72. The zero-order valence-electron chi connectivity index (χ0n) is 15.6. The number of hydrogen-bond acceptors (Lipinski definition) is 1. The van der Waals surface area contributed by atoms with Crippen molar-refractivity contribution in [3.63, 3.8) is 0 Å². The molecule has 0 saturated heterocycles. The van der Waals surface area contributed by atoms with E-state index in [0.717, 1.165) is 25.9 Å². The standard InChI is InChI=1S/C22H39N/c1-3-5-7-9-11-13-15-17-19-21-23-22-20-18-16-14-12-10-8-6-4-2/h11-14,17-20,23H,3-10,15-16,21-22H2,1-2H3/b13-11-,14-12-,19-17+,20-18+. The van der Waals surface area contributed by atoms with Gasteiger partial charge < -0.3 is 5.32 Å². The monoisotopic (exact) mass is 317 g/mol. The molecule has 132 valence electrons. The first kappa shape index (κ1) is 21.9. The van der Waals surface area contributed by atoms with Gasteiger partial charge >= 0.3 is 0 Å². The van der Waals surface area contributed by atoms with Crippen LogP contribution in [-0.4, -0.2) is 13.1 Å². The van der Waals surface area contributed by atoms with Crippen molar-refractivity contribution in [3.8, 4) is 0 Å². The SMILES string of the molecule is CCCCC/C=C\C/C=C/CNC/C=C/C/C=C\CCCCC. The van der Waals surface area contributed by atoms with E-state index in [1.54, 1.807) is 0 Å². The lowest BCUT2D eigenvalue weighted by Crippen LogP contribution is -2.12. The average molecular weight is 318 g/mol. The highest BCUT2D eigenvalue weighted by atomic mass is 14.8. The average Bonchev–Trinajstić information content (AvgIpc) is 2.57. The molecule has 0 aromatic carbocycles. The second kappa shape index (κ2) is 20.9. The molecule has 1 nitrogen and oxygen atoms in total. The van der Waals surface area contributed by atoms with Crippen LogP contribution in [0.1, 0.15) is 78.1 Å². The van der Waals surface area contributed by atoms with E-state index in [9.17, 15) is 0 Å². The van der Waals surface area contributed by atoms with Crippen LogP contribution in [0.4, 0.5) is 0 Å². The number of rotatable bonds is 16. The summed E-state index contributed by atoms with van der Waals surface area (Å²) >= 11 is 0. The van der Waals surface area contributed by atoms with Gasteiger partial charge in [-0.15, -0.1) is 0 Å². The predicted molar refractivity (Wildman–Crippen MR) is 107 cm³/mol. The number of hydrogen-bond donors (Lipinski definition) is 1. The minimum atomic E-state index is 0.959. The van der Waals surface area contributed by atoms with Gasteiger partial charge in [0.05, 0.1) is 0 Å². The van der Waals surface area contributed by atoms with Crippen LogP contribution in [0.2, 0.25) is 0 Å². The maximum Gasteiger partial charge on any atom is 0.0137 e. The van der Waals surface area contributed by atoms with Gasteiger partial charge in [-0.05, 0) is 38.5 Å². The van der Waals surface area contributed by atoms with Crippen LogP contribution >= 0.6 is 0 Å². The van der Waals surface area contributed by atoms with Crippen molar-refractivity contribution in [2.24, 2.45) is 0 Å². The van der Waals surface area contributed by atoms with Gasteiger partial charge in [0, 0.05) is 13.1 Å². The third kappa shape index (κ3) is 20.9. The topological polar surface area (TPSA) is 12.0 Å². The minimum absolute atomic E-state index is 0.959. The van der Waals surface area contributed by atoms with Gasteiger partial charge in [0.25, 0.3) is 0 Å². The molecule has 0 fully saturated rings. The predicted octanol–water partition coefficient (Wildman–Crippen LogP) is 6.74. The lowest BCUT2D eigenvalue weighted by atomic mass is 10.2. The minimum Gasteiger partial charge on any atom is -0.310 e. The Balaban J connectivity index is 3.31. The highest BCUT2D eigenvalue weighted by Crippen LogP contribution is 2.01. The number of unbranched alkanes of at least 4 members (excludes halogenated alkanes) is 6. The second-order valence-electron chi connectivity index (χ2n) is 6.01. The fourth-order valence-corrected chi connectivity index (χ4v) is 2.22. The molecule has 1 N–H and O–H groups in total. The number of allylic oxidation sites excluding steroid dienone is 6. The normalized spacial score (nSPS) is 12.6. The van der Waals surface area contributed by atoms with Gasteiger partial charge in [-0.3, -0.25) is 0 Å². The van der Waals surface area contributed by atoms with Crippen molar-refractivity contribution in [3.05, 3.63) is 48.6 Å². The summed E-state index contributed by atoms with van der Waals surface area (Å²) in [4.78, 5) is 0. The summed E-state index contributed by atoms with van der Waals surface area (Å²) in [5.74, 6) is 0. The Morgan fingerprint density at radius 2 is 0.957 bits per heavy atom. The molecule has 0 aliphatic heterocycles. The van der Waals surface area contributed by atoms with Gasteiger partial charge in [-0.1, -0.05) is 88.1 Å². The van der Waals surface area contributed by atoms with Gasteiger partial charge in [0.1, 0.15) is 0 Å². The molecule has 0 aromatic heterocycles. The van der Waals surface area contributed by atoms with E-state index in [0.29, 0.717) is 0 Å². The van der Waals surface area contributed by atoms with Gasteiger partial charge in [-0.2, -0.15) is 0 Å². The van der Waals surface area contributed by atoms with E-state index in [1.807, 2.05) is 0 Å². The Hall–Kier alpha value is -1.08. The zero-order valence-corrected chi connectivity index (χ0v) is 15.6. The molecule has 0 amide bonds. The molecule has 0 atom stereocenters. The van der Waals surface area contributed by atoms with Gasteiger partial charge in [-0.25, -0.2) is 0 Å². The lowest BCUT2D eigenvalue weighted by molar-refractivity contribution is 0.728. The van der Waals surface area contributed by atoms with Crippen LogP contribution in [0.5, 0.6) is 0 Å². The molecule has 0 rings (SSSR count). The summed E-state index contributed by atoms with van der Waals surface area (Å²) in [6.45, 7) is 6.42. The first-order chi connectivity index (χ1) is 11.4. The zero-order chi connectivity index (χ0) is 16.8. The van der Waals surface area contributed by atoms with Crippen LogP contribution in [-0.2, 0) is 0 Å². The summed E-state index contributed by atoms with van der Waals surface area (Å²) in [5.41, 5.74) is 0. The van der Waals surface area contributed by atoms with Crippen molar-refractivity contribution in [1.82, 2.24) is 5.32 Å².